The number of benzene rings is 3. The summed E-state index contributed by atoms with van der Waals surface area (Å²) >= 11 is 0. The summed E-state index contributed by atoms with van der Waals surface area (Å²) in [4.78, 5) is 78.9. The number of pyridine rings is 1. The highest BCUT2D eigenvalue weighted by atomic mass is 19.1. The number of aromatic nitrogens is 3. The molecule has 2 bridgehead atoms. The molecule has 1 aliphatic carbocycles. The van der Waals surface area contributed by atoms with Crippen LogP contribution in [0.2, 0.25) is 0 Å². The maximum Gasteiger partial charge on any atom is 0.319 e. The molecule has 8 aliphatic rings. The first-order chi connectivity index (χ1) is 36.0. The second-order valence-electron chi connectivity index (χ2n) is 22.5. The smallest absolute Gasteiger partial charge is 0.319 e. The number of likely N-dealkylation sites (tertiary alicyclic amines) is 1. The number of likely N-dealkylation sites (N-methyl/N-ethyl adjacent to an activating group) is 1. The summed E-state index contributed by atoms with van der Waals surface area (Å²) in [6.45, 7) is 9.63. The van der Waals surface area contributed by atoms with Gasteiger partial charge in [-0.25, -0.2) is 4.39 Å². The zero-order chi connectivity index (χ0) is 50.4. The number of piperazine rings is 2. The lowest BCUT2D eigenvalue weighted by molar-refractivity contribution is -0.136. The van der Waals surface area contributed by atoms with Crippen LogP contribution in [0.5, 0.6) is 11.8 Å². The molecular formula is C56H64FN11O6. The number of carbonyl (C=O) groups is 4. The summed E-state index contributed by atoms with van der Waals surface area (Å²) in [5, 5.41) is 19.0. The number of fused-ring (bicyclic) bond motifs is 6. The SMILES string of the molecule is CN1C[C@H](N2CCN(CC3CCN(c4ccc5c(c4)C(=O)N(C4CCC(=O)NC4=O)C5=O)CC3)CC2)C[C@@H]1COc1nc(N2CC3CC4CCC4CC(C2)N3)c2cnc(-c3cc(O)cc4ccccc34)c(F)c2n1. The molecule has 74 heavy (non-hydrogen) atoms. The van der Waals surface area contributed by atoms with E-state index in [0.717, 1.165) is 131 Å². The first kappa shape index (κ1) is 47.4. The number of nitrogens with zero attached hydrogens (tertiary/aromatic N) is 9. The van der Waals surface area contributed by atoms with Crippen LogP contribution in [0.15, 0.2) is 60.8 Å². The molecule has 5 aromatic rings. The van der Waals surface area contributed by atoms with Crippen LogP contribution in [-0.2, 0) is 9.59 Å². The van der Waals surface area contributed by atoms with Crippen molar-refractivity contribution in [2.75, 3.05) is 88.9 Å². The van der Waals surface area contributed by atoms with E-state index < -0.39 is 29.6 Å². The Bertz CT molecular complexity index is 3050. The van der Waals surface area contributed by atoms with Crippen LogP contribution in [-0.4, -0.2) is 173 Å². The van der Waals surface area contributed by atoms with E-state index in [-0.39, 0.29) is 47.8 Å². The van der Waals surface area contributed by atoms with Gasteiger partial charge in [0.2, 0.25) is 11.8 Å². The van der Waals surface area contributed by atoms with Gasteiger partial charge in [0.15, 0.2) is 5.82 Å². The number of halogens is 1. The van der Waals surface area contributed by atoms with Crippen LogP contribution in [0.4, 0.5) is 15.9 Å². The molecule has 6 saturated heterocycles. The van der Waals surface area contributed by atoms with Crippen LogP contribution in [0, 0.1) is 23.6 Å². The Morgan fingerprint density at radius 1 is 0.770 bits per heavy atom. The molecule has 7 aliphatic heterocycles. The van der Waals surface area contributed by atoms with E-state index in [1.807, 2.05) is 30.3 Å². The zero-order valence-electron chi connectivity index (χ0n) is 41.9. The Labute approximate surface area is 429 Å². The number of imide groups is 2. The quantitative estimate of drug-likeness (QED) is 0.158. The third-order valence-electron chi connectivity index (χ3n) is 18.1. The summed E-state index contributed by atoms with van der Waals surface area (Å²) in [5.41, 5.74) is 2.32. The van der Waals surface area contributed by atoms with E-state index in [1.165, 1.54) is 12.8 Å². The molecule has 18 heteroatoms. The van der Waals surface area contributed by atoms with Gasteiger partial charge in [-0.1, -0.05) is 24.3 Å². The van der Waals surface area contributed by atoms with Gasteiger partial charge in [-0.2, -0.15) is 9.97 Å². The van der Waals surface area contributed by atoms with Crippen LogP contribution in [0.25, 0.3) is 32.9 Å². The molecule has 13 rings (SSSR count). The first-order valence-corrected chi connectivity index (χ1v) is 27.0. The van der Waals surface area contributed by atoms with E-state index >= 15 is 4.39 Å². The number of hydrogen-bond acceptors (Lipinski definition) is 15. The second-order valence-corrected chi connectivity index (χ2v) is 22.5. The van der Waals surface area contributed by atoms with Gasteiger partial charge in [-0.3, -0.25) is 44.2 Å². The minimum atomic E-state index is -0.976. The maximum absolute atomic E-state index is 17.2. The zero-order valence-corrected chi connectivity index (χ0v) is 41.9. The molecule has 3 N–H and O–H groups in total. The summed E-state index contributed by atoms with van der Waals surface area (Å²) in [7, 11) is 2.16. The molecule has 7 atom stereocenters. The number of aromatic hydroxyl groups is 1. The summed E-state index contributed by atoms with van der Waals surface area (Å²) in [6, 6.07) is 16.6. The molecule has 9 heterocycles. The Morgan fingerprint density at radius 3 is 2.28 bits per heavy atom. The molecule has 0 spiro atoms. The lowest BCUT2D eigenvalue weighted by Gasteiger charge is -2.41. The van der Waals surface area contributed by atoms with Crippen LogP contribution in [0.1, 0.15) is 78.5 Å². The minimum Gasteiger partial charge on any atom is -0.508 e. The highest BCUT2D eigenvalue weighted by Gasteiger charge is 2.46. The largest absolute Gasteiger partial charge is 0.508 e. The maximum atomic E-state index is 17.2. The second kappa shape index (κ2) is 19.1. The molecule has 5 unspecified atom stereocenters. The standard InChI is InChI=1S/C56H64FN11O6/c1-63-30-39(66-18-16-64(17-19-66)27-32-12-14-65(15-13-32)38-8-9-43-45(24-38)55(73)68(54(43)72)47-10-11-48(70)60-53(47)71)23-40(63)31-74-56-61-51-46(52(62-56)67-28-36-20-33-6-7-34(33)21-37(29-67)59-36)26-58-50(49(51)57)44-25-41(69)22-35-4-2-3-5-42(35)44/h2-5,8-9,22,24-26,32-34,36-37,39-40,47,59,69H,6-7,10-21,23,27-31H2,1H3,(H,60,70,71)/t33?,34?,36?,37?,39-,40-,47?/m1/s1. The normalized spacial score (nSPS) is 28.1. The molecule has 17 nitrogen and oxygen atoms in total. The monoisotopic (exact) mass is 1010 g/mol. The third kappa shape index (κ3) is 8.70. The number of anilines is 2. The Balaban J connectivity index is 0.642. The van der Waals surface area contributed by atoms with Crippen molar-refractivity contribution in [3.63, 3.8) is 0 Å². The summed E-state index contributed by atoms with van der Waals surface area (Å²) in [5.74, 6) is 0.282. The average molecular weight is 1010 g/mol. The number of hydrogen-bond donors (Lipinski definition) is 3. The predicted octanol–water partition coefficient (Wildman–Crippen LogP) is 5.04. The number of rotatable bonds is 10. The molecule has 4 amide bonds. The van der Waals surface area contributed by atoms with Gasteiger partial charge in [-0.05, 0) is 117 Å². The van der Waals surface area contributed by atoms with Gasteiger partial charge in [0.05, 0.1) is 16.5 Å². The fourth-order valence-corrected chi connectivity index (χ4v) is 13.9. The molecule has 7 fully saturated rings. The number of carbonyl (C=O) groups excluding carboxylic acids is 4. The fourth-order valence-electron chi connectivity index (χ4n) is 13.9. The Kier molecular flexibility index (Phi) is 12.2. The predicted molar refractivity (Wildman–Crippen MR) is 277 cm³/mol. The van der Waals surface area contributed by atoms with Crippen molar-refractivity contribution in [3.8, 4) is 23.0 Å². The number of phenolic OH excluding ortho intramolecular Hbond substituents is 1. The molecule has 0 radical (unpaired) electrons. The van der Waals surface area contributed by atoms with Crippen molar-refractivity contribution >= 4 is 56.8 Å². The average Bonchev–Trinajstić information content (AvgIpc) is 3.87. The number of ether oxygens (including phenoxy) is 1. The van der Waals surface area contributed by atoms with Crippen molar-refractivity contribution in [1.29, 1.82) is 0 Å². The van der Waals surface area contributed by atoms with Gasteiger partial charge >= 0.3 is 6.01 Å². The van der Waals surface area contributed by atoms with E-state index in [1.54, 1.807) is 30.5 Å². The topological polar surface area (TPSA) is 180 Å². The molecule has 1 saturated carbocycles. The third-order valence-corrected chi connectivity index (χ3v) is 18.1. The molecule has 2 aromatic heterocycles. The van der Waals surface area contributed by atoms with Crippen molar-refractivity contribution in [1.82, 2.24) is 45.2 Å². The van der Waals surface area contributed by atoms with Crippen molar-refractivity contribution in [2.24, 2.45) is 17.8 Å². The van der Waals surface area contributed by atoms with E-state index in [2.05, 4.69) is 42.2 Å². The highest BCUT2D eigenvalue weighted by molar-refractivity contribution is 6.23. The van der Waals surface area contributed by atoms with E-state index in [9.17, 15) is 24.3 Å². The lowest BCUT2D eigenvalue weighted by atomic mass is 9.69. The summed E-state index contributed by atoms with van der Waals surface area (Å²) in [6.07, 6.45) is 9.82. The minimum absolute atomic E-state index is 0.0410. The van der Waals surface area contributed by atoms with Crippen molar-refractivity contribution in [2.45, 2.75) is 88.0 Å². The molecule has 3 aromatic carbocycles. The Morgan fingerprint density at radius 2 is 1.53 bits per heavy atom. The van der Waals surface area contributed by atoms with Gasteiger partial charge < -0.3 is 29.9 Å². The van der Waals surface area contributed by atoms with Crippen LogP contribution < -0.4 is 25.2 Å². The van der Waals surface area contributed by atoms with Crippen LogP contribution in [0.3, 0.4) is 0 Å². The number of phenols is 1. The van der Waals surface area contributed by atoms with E-state index in [4.69, 9.17) is 19.7 Å². The lowest BCUT2D eigenvalue weighted by Crippen LogP contribution is -2.56. The fraction of sp³-hybridized carbons (Fsp3) is 0.518. The van der Waals surface area contributed by atoms with E-state index in [0.29, 0.717) is 58.5 Å². The molecule has 386 valence electrons. The van der Waals surface area contributed by atoms with Gasteiger partial charge in [0, 0.05) is 113 Å². The Hall–Kier alpha value is -6.34. The number of amides is 4. The van der Waals surface area contributed by atoms with Crippen molar-refractivity contribution in [3.05, 3.63) is 77.7 Å². The highest BCUT2D eigenvalue weighted by Crippen LogP contribution is 2.45. The van der Waals surface area contributed by atoms with Gasteiger partial charge in [0.1, 0.15) is 35.4 Å². The number of piperidine rings is 2. The van der Waals surface area contributed by atoms with Crippen molar-refractivity contribution < 1.29 is 33.4 Å². The molecular weight excluding hydrogens is 942 g/mol. The summed E-state index contributed by atoms with van der Waals surface area (Å²) < 4.78 is 23.8. The van der Waals surface area contributed by atoms with Crippen LogP contribution >= 0.6 is 0 Å². The van der Waals surface area contributed by atoms with Gasteiger partial charge in [0.25, 0.3) is 11.8 Å². The van der Waals surface area contributed by atoms with Gasteiger partial charge in [-0.15, -0.1) is 0 Å². The number of nitrogens with one attached hydrogen (secondary N) is 2. The first-order valence-electron chi connectivity index (χ1n) is 27.0.